The van der Waals surface area contributed by atoms with Crippen molar-refractivity contribution in [3.63, 3.8) is 0 Å². The van der Waals surface area contributed by atoms with E-state index < -0.39 is 23.7 Å². The fourth-order valence-electron chi connectivity index (χ4n) is 4.73. The zero-order valence-corrected chi connectivity index (χ0v) is 23.1. The summed E-state index contributed by atoms with van der Waals surface area (Å²) in [7, 11) is 2.78. The van der Waals surface area contributed by atoms with E-state index in [0.29, 0.717) is 28.1 Å². The smallest absolute Gasteiger partial charge is 0.337 e. The van der Waals surface area contributed by atoms with Gasteiger partial charge in [-0.05, 0) is 64.9 Å². The number of ether oxygens (including phenoxy) is 2. The normalized spacial score (nSPS) is 16.9. The van der Waals surface area contributed by atoms with E-state index in [1.54, 1.807) is 24.3 Å². The quantitative estimate of drug-likeness (QED) is 0.184. The van der Waals surface area contributed by atoms with Crippen molar-refractivity contribution in [2.24, 2.45) is 0 Å². The molecule has 202 valence electrons. The van der Waals surface area contributed by atoms with Gasteiger partial charge >= 0.3 is 5.97 Å². The van der Waals surface area contributed by atoms with Crippen LogP contribution in [0.4, 0.5) is 5.69 Å². The van der Waals surface area contributed by atoms with Crippen LogP contribution in [0.1, 0.15) is 66.3 Å². The largest absolute Gasteiger partial charge is 0.507 e. The Hall–Kier alpha value is -4.39. The molecule has 1 heterocycles. The molecule has 1 aliphatic rings. The average molecular weight is 528 g/mol. The molecule has 1 fully saturated rings. The van der Waals surface area contributed by atoms with Gasteiger partial charge in [-0.15, -0.1) is 0 Å². The number of esters is 1. The van der Waals surface area contributed by atoms with Gasteiger partial charge in [-0.25, -0.2) is 4.79 Å². The van der Waals surface area contributed by atoms with Gasteiger partial charge in [0.15, 0.2) is 0 Å². The Morgan fingerprint density at radius 3 is 2.13 bits per heavy atom. The molecule has 0 aliphatic carbocycles. The Bertz CT molecular complexity index is 1450. The van der Waals surface area contributed by atoms with Gasteiger partial charge in [-0.1, -0.05) is 58.0 Å². The number of amides is 1. The van der Waals surface area contributed by atoms with Gasteiger partial charge in [0.2, 0.25) is 0 Å². The number of hydrogen-bond donors (Lipinski definition) is 1. The number of aliphatic hydroxyl groups is 1. The van der Waals surface area contributed by atoms with Crippen LogP contribution in [-0.4, -0.2) is 37.0 Å². The molecule has 3 aromatic rings. The molecule has 0 bridgehead atoms. The SMILES string of the molecule is CCc1ccc(C2/C(=C(\O)c3cc(C(C)(C)C)ccc3OC)C(=O)C(=O)N2c2ccc(C(=O)OC)cc2)cc1. The van der Waals surface area contributed by atoms with E-state index in [1.165, 1.54) is 31.3 Å². The second kappa shape index (κ2) is 10.8. The van der Waals surface area contributed by atoms with Gasteiger partial charge in [-0.2, -0.15) is 0 Å². The van der Waals surface area contributed by atoms with Crippen molar-refractivity contribution < 1.29 is 29.0 Å². The molecular formula is C32H33NO6. The molecule has 0 spiro atoms. The number of anilines is 1. The van der Waals surface area contributed by atoms with Gasteiger partial charge in [-0.3, -0.25) is 14.5 Å². The average Bonchev–Trinajstić information content (AvgIpc) is 3.21. The Labute approximate surface area is 228 Å². The monoisotopic (exact) mass is 527 g/mol. The van der Waals surface area contributed by atoms with E-state index in [0.717, 1.165) is 17.5 Å². The van der Waals surface area contributed by atoms with Crippen molar-refractivity contribution >= 4 is 29.1 Å². The van der Waals surface area contributed by atoms with Gasteiger partial charge in [0.1, 0.15) is 11.5 Å². The first-order chi connectivity index (χ1) is 18.5. The van der Waals surface area contributed by atoms with E-state index in [4.69, 9.17) is 9.47 Å². The lowest BCUT2D eigenvalue weighted by atomic mass is 9.85. The van der Waals surface area contributed by atoms with Crippen molar-refractivity contribution in [3.8, 4) is 5.75 Å². The number of methoxy groups -OCH3 is 2. The second-order valence-electron chi connectivity index (χ2n) is 10.5. The van der Waals surface area contributed by atoms with Crippen LogP contribution in [0.25, 0.3) is 5.76 Å². The molecule has 3 aromatic carbocycles. The molecule has 0 aromatic heterocycles. The van der Waals surface area contributed by atoms with Crippen LogP contribution < -0.4 is 9.64 Å². The van der Waals surface area contributed by atoms with E-state index >= 15 is 0 Å². The van der Waals surface area contributed by atoms with Crippen LogP contribution in [-0.2, 0) is 26.2 Å². The minimum Gasteiger partial charge on any atom is -0.507 e. The van der Waals surface area contributed by atoms with E-state index in [1.807, 2.05) is 58.0 Å². The molecule has 1 amide bonds. The molecule has 1 N–H and O–H groups in total. The van der Waals surface area contributed by atoms with E-state index in [2.05, 4.69) is 0 Å². The summed E-state index contributed by atoms with van der Waals surface area (Å²) in [5.74, 6) is -2.03. The Balaban J connectivity index is 1.95. The maximum absolute atomic E-state index is 13.6. The van der Waals surface area contributed by atoms with Crippen LogP contribution in [0.5, 0.6) is 5.75 Å². The highest BCUT2D eigenvalue weighted by Crippen LogP contribution is 2.44. The molecule has 1 aliphatic heterocycles. The zero-order chi connectivity index (χ0) is 28.5. The fourth-order valence-corrected chi connectivity index (χ4v) is 4.73. The summed E-state index contributed by atoms with van der Waals surface area (Å²) in [5.41, 5.74) is 3.47. The molecule has 7 nitrogen and oxygen atoms in total. The van der Waals surface area contributed by atoms with E-state index in [-0.39, 0.29) is 16.7 Å². The molecule has 0 saturated carbocycles. The maximum Gasteiger partial charge on any atom is 0.337 e. The molecule has 0 radical (unpaired) electrons. The minimum atomic E-state index is -0.900. The summed E-state index contributed by atoms with van der Waals surface area (Å²) < 4.78 is 10.3. The molecule has 7 heteroatoms. The van der Waals surface area contributed by atoms with Crippen molar-refractivity contribution in [1.82, 2.24) is 0 Å². The number of carbonyl (C=O) groups excluding carboxylic acids is 3. The van der Waals surface area contributed by atoms with Crippen LogP contribution in [0.2, 0.25) is 0 Å². The first-order valence-electron chi connectivity index (χ1n) is 12.8. The van der Waals surface area contributed by atoms with Gasteiger partial charge in [0.25, 0.3) is 11.7 Å². The van der Waals surface area contributed by atoms with Gasteiger partial charge < -0.3 is 14.6 Å². The van der Waals surface area contributed by atoms with Crippen molar-refractivity contribution in [3.05, 3.63) is 100 Å². The van der Waals surface area contributed by atoms with Gasteiger partial charge in [0.05, 0.1) is 37.0 Å². The van der Waals surface area contributed by atoms with Gasteiger partial charge in [0, 0.05) is 5.69 Å². The van der Waals surface area contributed by atoms with Crippen molar-refractivity contribution in [1.29, 1.82) is 0 Å². The molecule has 39 heavy (non-hydrogen) atoms. The highest BCUT2D eigenvalue weighted by molar-refractivity contribution is 6.51. The number of benzene rings is 3. The summed E-state index contributed by atoms with van der Waals surface area (Å²) in [4.78, 5) is 40.4. The standard InChI is InChI=1S/C32H33NO6/c1-7-19-8-10-20(11-9-19)27-26(28(34)24-18-22(32(2,3)4)14-17-25(24)38-5)29(35)30(36)33(27)23-15-12-21(13-16-23)31(37)39-6/h8-18,27,34H,7H2,1-6H3/b28-26+. The van der Waals surface area contributed by atoms with Crippen molar-refractivity contribution in [2.45, 2.75) is 45.6 Å². The third-order valence-corrected chi connectivity index (χ3v) is 7.04. The lowest BCUT2D eigenvalue weighted by Crippen LogP contribution is -2.29. The Morgan fingerprint density at radius 2 is 1.59 bits per heavy atom. The molecule has 1 atom stereocenters. The maximum atomic E-state index is 13.6. The molecule has 1 unspecified atom stereocenters. The van der Waals surface area contributed by atoms with Crippen LogP contribution in [0.3, 0.4) is 0 Å². The predicted octanol–water partition coefficient (Wildman–Crippen LogP) is 5.97. The summed E-state index contributed by atoms with van der Waals surface area (Å²) in [6.07, 6.45) is 0.826. The zero-order valence-electron chi connectivity index (χ0n) is 23.1. The van der Waals surface area contributed by atoms with Crippen LogP contribution in [0.15, 0.2) is 72.3 Å². The summed E-state index contributed by atoms with van der Waals surface area (Å²) in [6.45, 7) is 8.18. The Kier molecular flexibility index (Phi) is 7.63. The fraction of sp³-hybridized carbons (Fsp3) is 0.281. The first-order valence-corrected chi connectivity index (χ1v) is 12.8. The number of aliphatic hydroxyl groups excluding tert-OH is 1. The summed E-state index contributed by atoms with van der Waals surface area (Å²) >= 11 is 0. The highest BCUT2D eigenvalue weighted by Gasteiger charge is 2.47. The van der Waals surface area contributed by atoms with Crippen molar-refractivity contribution in [2.75, 3.05) is 19.1 Å². The lowest BCUT2D eigenvalue weighted by molar-refractivity contribution is -0.132. The number of aryl methyl sites for hydroxylation is 1. The molecule has 1 saturated heterocycles. The summed E-state index contributed by atoms with van der Waals surface area (Å²) in [6, 6.07) is 18.4. The molecule has 4 rings (SSSR count). The second-order valence-corrected chi connectivity index (χ2v) is 10.5. The number of hydrogen-bond acceptors (Lipinski definition) is 6. The van der Waals surface area contributed by atoms with Crippen LogP contribution >= 0.6 is 0 Å². The highest BCUT2D eigenvalue weighted by atomic mass is 16.5. The Morgan fingerprint density at radius 1 is 0.949 bits per heavy atom. The molecular weight excluding hydrogens is 494 g/mol. The third-order valence-electron chi connectivity index (χ3n) is 7.04. The van der Waals surface area contributed by atoms with E-state index in [9.17, 15) is 19.5 Å². The van der Waals surface area contributed by atoms with Crippen LogP contribution in [0, 0.1) is 0 Å². The lowest BCUT2D eigenvalue weighted by Gasteiger charge is -2.26. The predicted molar refractivity (Wildman–Crippen MR) is 150 cm³/mol. The number of ketones is 1. The number of rotatable bonds is 6. The minimum absolute atomic E-state index is 0.0364. The summed E-state index contributed by atoms with van der Waals surface area (Å²) in [5, 5.41) is 11.7. The first kappa shape index (κ1) is 27.6. The number of Topliss-reactive ketones (excluding diaryl/α,β-unsaturated/α-hetero) is 1. The topological polar surface area (TPSA) is 93.1 Å². The number of nitrogens with zero attached hydrogens (tertiary/aromatic N) is 1. The third kappa shape index (κ3) is 5.17. The number of carbonyl (C=O) groups is 3.